The van der Waals surface area contributed by atoms with E-state index < -0.39 is 5.82 Å². The standard InChI is InChI=1S/C11H13FN2O2/c12-9-5-8(1-2-10(9)13)6-14-3-4-16-7-11(14)15/h1-2,5H,3-4,6-7,13H2. The van der Waals surface area contributed by atoms with Crippen molar-refractivity contribution in [2.24, 2.45) is 0 Å². The first-order valence-electron chi connectivity index (χ1n) is 5.06. The minimum Gasteiger partial charge on any atom is -0.396 e. The van der Waals surface area contributed by atoms with Crippen LogP contribution in [0.25, 0.3) is 0 Å². The Morgan fingerprint density at radius 1 is 1.50 bits per heavy atom. The fraction of sp³-hybridized carbons (Fsp3) is 0.364. The number of hydrogen-bond donors (Lipinski definition) is 1. The lowest BCUT2D eigenvalue weighted by Crippen LogP contribution is -2.40. The van der Waals surface area contributed by atoms with Gasteiger partial charge in [-0.2, -0.15) is 0 Å². The van der Waals surface area contributed by atoms with E-state index in [1.165, 1.54) is 12.1 Å². The van der Waals surface area contributed by atoms with Crippen LogP contribution >= 0.6 is 0 Å². The Kier molecular flexibility index (Phi) is 3.05. The van der Waals surface area contributed by atoms with E-state index in [-0.39, 0.29) is 18.2 Å². The van der Waals surface area contributed by atoms with Crippen molar-refractivity contribution in [2.75, 3.05) is 25.5 Å². The van der Waals surface area contributed by atoms with Crippen LogP contribution in [0.5, 0.6) is 0 Å². The Hall–Kier alpha value is -1.62. The number of carbonyl (C=O) groups is 1. The van der Waals surface area contributed by atoms with E-state index >= 15 is 0 Å². The van der Waals surface area contributed by atoms with Gasteiger partial charge in [-0.1, -0.05) is 6.07 Å². The Labute approximate surface area is 92.8 Å². The SMILES string of the molecule is Nc1ccc(CN2CCOCC2=O)cc1F. The normalized spacial score (nSPS) is 16.6. The van der Waals surface area contributed by atoms with Gasteiger partial charge in [0.25, 0.3) is 0 Å². The Morgan fingerprint density at radius 3 is 3.00 bits per heavy atom. The monoisotopic (exact) mass is 224 g/mol. The molecule has 0 radical (unpaired) electrons. The summed E-state index contributed by atoms with van der Waals surface area (Å²) in [5, 5.41) is 0. The highest BCUT2D eigenvalue weighted by atomic mass is 19.1. The zero-order valence-electron chi connectivity index (χ0n) is 8.78. The maximum Gasteiger partial charge on any atom is 0.248 e. The number of ether oxygens (including phenoxy) is 1. The van der Waals surface area contributed by atoms with Crippen LogP contribution in [0.3, 0.4) is 0 Å². The molecule has 2 N–H and O–H groups in total. The molecule has 1 saturated heterocycles. The number of halogens is 1. The molecule has 0 aromatic heterocycles. The summed E-state index contributed by atoms with van der Waals surface area (Å²) in [6.45, 7) is 1.59. The van der Waals surface area contributed by atoms with E-state index in [9.17, 15) is 9.18 Å². The molecule has 0 unspecified atom stereocenters. The molecule has 1 aromatic carbocycles. The lowest BCUT2D eigenvalue weighted by Gasteiger charge is -2.26. The summed E-state index contributed by atoms with van der Waals surface area (Å²) in [6, 6.07) is 4.59. The predicted octanol–water partition coefficient (Wildman–Crippen LogP) is 0.767. The van der Waals surface area contributed by atoms with Gasteiger partial charge in [0.1, 0.15) is 12.4 Å². The third-order valence-electron chi connectivity index (χ3n) is 2.52. The average molecular weight is 224 g/mol. The molecule has 4 nitrogen and oxygen atoms in total. The van der Waals surface area contributed by atoms with Crippen molar-refractivity contribution in [3.63, 3.8) is 0 Å². The average Bonchev–Trinajstić information content (AvgIpc) is 2.27. The number of amides is 1. The van der Waals surface area contributed by atoms with E-state index in [1.54, 1.807) is 11.0 Å². The van der Waals surface area contributed by atoms with E-state index in [0.717, 1.165) is 5.56 Å². The Morgan fingerprint density at radius 2 is 2.31 bits per heavy atom. The molecule has 1 aliphatic heterocycles. The summed E-state index contributed by atoms with van der Waals surface area (Å²) >= 11 is 0. The second-order valence-electron chi connectivity index (χ2n) is 3.72. The third kappa shape index (κ3) is 2.30. The predicted molar refractivity (Wildman–Crippen MR) is 57.0 cm³/mol. The topological polar surface area (TPSA) is 55.6 Å². The number of nitrogen functional groups attached to an aromatic ring is 1. The fourth-order valence-electron chi connectivity index (χ4n) is 1.61. The molecule has 0 spiro atoms. The van der Waals surface area contributed by atoms with Crippen LogP contribution in [-0.2, 0) is 16.1 Å². The van der Waals surface area contributed by atoms with E-state index in [1.807, 2.05) is 0 Å². The van der Waals surface area contributed by atoms with Crippen molar-refractivity contribution < 1.29 is 13.9 Å². The lowest BCUT2D eigenvalue weighted by molar-refractivity contribution is -0.143. The van der Waals surface area contributed by atoms with Gasteiger partial charge in [0, 0.05) is 13.1 Å². The summed E-state index contributed by atoms with van der Waals surface area (Å²) < 4.78 is 18.2. The first kappa shape index (κ1) is 10.9. The summed E-state index contributed by atoms with van der Waals surface area (Å²) in [7, 11) is 0. The van der Waals surface area contributed by atoms with Gasteiger partial charge in [-0.3, -0.25) is 4.79 Å². The molecule has 5 heteroatoms. The molecule has 0 saturated carbocycles. The molecule has 0 aliphatic carbocycles. The van der Waals surface area contributed by atoms with Crippen LogP contribution in [0.15, 0.2) is 18.2 Å². The summed E-state index contributed by atoms with van der Waals surface area (Å²) in [6.07, 6.45) is 0. The van der Waals surface area contributed by atoms with Crippen molar-refractivity contribution in [3.8, 4) is 0 Å². The van der Waals surface area contributed by atoms with Crippen LogP contribution in [0.2, 0.25) is 0 Å². The van der Waals surface area contributed by atoms with Crippen molar-refractivity contribution in [1.29, 1.82) is 0 Å². The van der Waals surface area contributed by atoms with Gasteiger partial charge >= 0.3 is 0 Å². The van der Waals surface area contributed by atoms with Crippen LogP contribution in [0, 0.1) is 5.82 Å². The molecule has 0 atom stereocenters. The van der Waals surface area contributed by atoms with E-state index in [0.29, 0.717) is 19.7 Å². The second-order valence-corrected chi connectivity index (χ2v) is 3.72. The third-order valence-corrected chi connectivity index (χ3v) is 2.52. The number of anilines is 1. The largest absolute Gasteiger partial charge is 0.396 e. The summed E-state index contributed by atoms with van der Waals surface area (Å²) in [5.74, 6) is -0.512. The Bertz CT molecular complexity index is 409. The quantitative estimate of drug-likeness (QED) is 0.755. The number of hydrogen-bond acceptors (Lipinski definition) is 3. The van der Waals surface area contributed by atoms with Crippen molar-refractivity contribution in [2.45, 2.75) is 6.54 Å². The van der Waals surface area contributed by atoms with Gasteiger partial charge in [-0.15, -0.1) is 0 Å². The van der Waals surface area contributed by atoms with E-state index in [2.05, 4.69) is 0 Å². The van der Waals surface area contributed by atoms with Crippen molar-refractivity contribution >= 4 is 11.6 Å². The first-order valence-corrected chi connectivity index (χ1v) is 5.06. The lowest BCUT2D eigenvalue weighted by atomic mass is 10.2. The van der Waals surface area contributed by atoms with Gasteiger partial charge in [0.15, 0.2) is 0 Å². The minimum atomic E-state index is -0.446. The molecular weight excluding hydrogens is 211 g/mol. The van der Waals surface area contributed by atoms with Crippen LogP contribution < -0.4 is 5.73 Å². The first-order chi connectivity index (χ1) is 7.66. The van der Waals surface area contributed by atoms with Crippen LogP contribution in [0.4, 0.5) is 10.1 Å². The number of nitrogens with zero attached hydrogens (tertiary/aromatic N) is 1. The van der Waals surface area contributed by atoms with Gasteiger partial charge in [0.2, 0.25) is 5.91 Å². The number of rotatable bonds is 2. The molecule has 1 aliphatic rings. The fourth-order valence-corrected chi connectivity index (χ4v) is 1.61. The summed E-state index contributed by atoms with van der Waals surface area (Å²) in [5.41, 5.74) is 6.23. The molecule has 1 amide bonds. The van der Waals surface area contributed by atoms with Crippen molar-refractivity contribution in [1.82, 2.24) is 4.90 Å². The molecule has 1 aromatic rings. The molecule has 86 valence electrons. The molecule has 1 heterocycles. The maximum atomic E-state index is 13.2. The molecule has 16 heavy (non-hydrogen) atoms. The number of morpholine rings is 1. The van der Waals surface area contributed by atoms with Crippen molar-refractivity contribution in [3.05, 3.63) is 29.6 Å². The van der Waals surface area contributed by atoms with Gasteiger partial charge in [-0.25, -0.2) is 4.39 Å². The zero-order chi connectivity index (χ0) is 11.5. The van der Waals surface area contributed by atoms with Crippen LogP contribution in [0.1, 0.15) is 5.56 Å². The molecule has 0 bridgehead atoms. The Balaban J connectivity index is 2.08. The van der Waals surface area contributed by atoms with Gasteiger partial charge < -0.3 is 15.4 Å². The number of benzene rings is 1. The molecular formula is C11H13FN2O2. The number of nitrogens with two attached hydrogens (primary N) is 1. The van der Waals surface area contributed by atoms with Gasteiger partial charge in [0.05, 0.1) is 12.3 Å². The highest BCUT2D eigenvalue weighted by Gasteiger charge is 2.18. The summed E-state index contributed by atoms with van der Waals surface area (Å²) in [4.78, 5) is 13.1. The molecule has 1 fully saturated rings. The highest BCUT2D eigenvalue weighted by Crippen LogP contribution is 2.14. The zero-order valence-corrected chi connectivity index (χ0v) is 8.78. The smallest absolute Gasteiger partial charge is 0.248 e. The van der Waals surface area contributed by atoms with Crippen LogP contribution in [-0.4, -0.2) is 30.6 Å². The molecule has 2 rings (SSSR count). The van der Waals surface area contributed by atoms with E-state index in [4.69, 9.17) is 10.5 Å². The van der Waals surface area contributed by atoms with Gasteiger partial charge in [-0.05, 0) is 17.7 Å². The highest BCUT2D eigenvalue weighted by molar-refractivity contribution is 5.78. The second kappa shape index (κ2) is 4.49. The maximum absolute atomic E-state index is 13.2. The number of carbonyl (C=O) groups excluding carboxylic acids is 1. The minimum absolute atomic E-state index is 0.0662.